The fourth-order valence-corrected chi connectivity index (χ4v) is 0.0986. The lowest BCUT2D eigenvalue weighted by Gasteiger charge is -1.68. The van der Waals surface area contributed by atoms with Gasteiger partial charge in [0.1, 0.15) is 6.07 Å². The van der Waals surface area contributed by atoms with Crippen LogP contribution in [0.3, 0.4) is 0 Å². The van der Waals surface area contributed by atoms with E-state index in [1.54, 1.807) is 0 Å². The maximum absolute atomic E-state index is 9.82. The minimum absolute atomic E-state index is 1.01. The zero-order valence-electron chi connectivity index (χ0n) is 3.71. The maximum atomic E-state index is 9.82. The van der Waals surface area contributed by atoms with Crippen molar-refractivity contribution in [3.63, 3.8) is 0 Å². The normalized spacial score (nSPS) is 6.25. The standard InChI is InChI=1S/C4N2O2/c1-6-4(8)3(7)2-5. The third-order valence-corrected chi connectivity index (χ3v) is 0.397. The second-order valence-electron chi connectivity index (χ2n) is 0.858. The molecular weight excluding hydrogens is 108 g/mol. The Morgan fingerprint density at radius 3 is 2.25 bits per heavy atom. The summed E-state index contributed by atoms with van der Waals surface area (Å²) in [5.74, 6) is -2.63. The number of nitrogens with zero attached hydrogens (tertiary/aromatic N) is 2. The smallest absolute Gasteiger partial charge is 0.307 e. The monoisotopic (exact) mass is 108 g/mol. The molecule has 0 aliphatic heterocycles. The average molecular weight is 108 g/mol. The van der Waals surface area contributed by atoms with Gasteiger partial charge in [0.25, 0.3) is 0 Å². The van der Waals surface area contributed by atoms with Gasteiger partial charge in [-0.05, 0) is 0 Å². The Labute approximate surface area is 45.2 Å². The quantitative estimate of drug-likeness (QED) is 0.259. The molecule has 0 unspecified atom stereocenters. The topological polar surface area (TPSA) is 62.3 Å². The van der Waals surface area contributed by atoms with Gasteiger partial charge in [0.15, 0.2) is 0 Å². The number of nitriles is 1. The second-order valence-corrected chi connectivity index (χ2v) is 0.858. The van der Waals surface area contributed by atoms with Crippen molar-refractivity contribution in [1.82, 2.24) is 0 Å². The predicted octanol–water partition coefficient (Wildman–Crippen LogP) is -0.475. The number of carbonyl (C=O) groups excluding carboxylic acids is 2. The van der Waals surface area contributed by atoms with Crippen molar-refractivity contribution in [1.29, 1.82) is 5.26 Å². The van der Waals surface area contributed by atoms with Crippen molar-refractivity contribution >= 4 is 11.7 Å². The largest absolute Gasteiger partial charge is 0.436 e. The van der Waals surface area contributed by atoms with Gasteiger partial charge in [0, 0.05) is 0 Å². The van der Waals surface area contributed by atoms with E-state index >= 15 is 0 Å². The summed E-state index contributed by atoms with van der Waals surface area (Å²) in [6.45, 7) is 5.95. The van der Waals surface area contributed by atoms with E-state index in [0.29, 0.717) is 0 Å². The molecule has 0 bridgehead atoms. The number of hydrogen-bond donors (Lipinski definition) is 0. The highest BCUT2D eigenvalue weighted by molar-refractivity contribution is 6.45. The molecule has 4 heteroatoms. The van der Waals surface area contributed by atoms with Gasteiger partial charge < -0.3 is 4.79 Å². The van der Waals surface area contributed by atoms with E-state index in [1.807, 2.05) is 0 Å². The van der Waals surface area contributed by atoms with Crippen LogP contribution in [0.25, 0.3) is 4.85 Å². The number of amides is 1. The molecule has 0 aliphatic rings. The summed E-state index contributed by atoms with van der Waals surface area (Å²) >= 11 is 0. The summed E-state index contributed by atoms with van der Waals surface area (Å²) in [4.78, 5) is 21.8. The van der Waals surface area contributed by atoms with Crippen molar-refractivity contribution in [2.75, 3.05) is 0 Å². The molecule has 0 rings (SSSR count). The van der Waals surface area contributed by atoms with Gasteiger partial charge in [0.2, 0.25) is 0 Å². The highest BCUT2D eigenvalue weighted by atomic mass is 16.2. The fraction of sp³-hybridized carbons (Fsp3) is 0. The molecule has 0 saturated carbocycles. The van der Waals surface area contributed by atoms with E-state index in [1.165, 1.54) is 0 Å². The Hall–Kier alpha value is -1.68. The summed E-state index contributed by atoms with van der Waals surface area (Å²) in [6, 6.07) is 1.01. The van der Waals surface area contributed by atoms with Crippen LogP contribution >= 0.6 is 0 Å². The summed E-state index contributed by atoms with van der Waals surface area (Å²) < 4.78 is 0. The van der Waals surface area contributed by atoms with Crippen LogP contribution < -0.4 is 0 Å². The van der Waals surface area contributed by atoms with E-state index in [9.17, 15) is 9.59 Å². The number of ketones is 1. The van der Waals surface area contributed by atoms with Crippen LogP contribution in [0.15, 0.2) is 0 Å². The Kier molecular flexibility index (Phi) is 1.96. The molecule has 0 aliphatic carbocycles. The molecule has 4 nitrogen and oxygen atoms in total. The van der Waals surface area contributed by atoms with Crippen LogP contribution in [0.4, 0.5) is 0 Å². The number of Topliss-reactive ketones (excluding diaryl/α,β-unsaturated/α-hetero) is 1. The van der Waals surface area contributed by atoms with Crippen LogP contribution in [0, 0.1) is 17.9 Å². The molecule has 8 heavy (non-hydrogen) atoms. The van der Waals surface area contributed by atoms with E-state index in [4.69, 9.17) is 11.8 Å². The zero-order chi connectivity index (χ0) is 6.57. The molecular formula is C4N2O2. The van der Waals surface area contributed by atoms with Gasteiger partial charge in [0.05, 0.1) is 6.57 Å². The predicted molar refractivity (Wildman–Crippen MR) is 22.2 cm³/mol. The highest BCUT2D eigenvalue weighted by Gasteiger charge is 2.09. The van der Waals surface area contributed by atoms with E-state index in [-0.39, 0.29) is 0 Å². The van der Waals surface area contributed by atoms with E-state index < -0.39 is 11.7 Å². The molecule has 0 atom stereocenters. The first-order valence-electron chi connectivity index (χ1n) is 1.58. The maximum Gasteiger partial charge on any atom is 0.436 e. The second kappa shape index (κ2) is 2.49. The third-order valence-electron chi connectivity index (χ3n) is 0.397. The summed E-state index contributed by atoms with van der Waals surface area (Å²) in [6.07, 6.45) is 0. The van der Waals surface area contributed by atoms with Crippen LogP contribution in [-0.4, -0.2) is 11.7 Å². The molecule has 0 fully saturated rings. The van der Waals surface area contributed by atoms with Gasteiger partial charge in [-0.1, -0.05) is 0 Å². The molecule has 38 valence electrons. The lowest BCUT2D eigenvalue weighted by Crippen LogP contribution is -2.04. The Morgan fingerprint density at radius 2 is 2.12 bits per heavy atom. The van der Waals surface area contributed by atoms with Gasteiger partial charge in [-0.2, -0.15) is 10.1 Å². The zero-order valence-corrected chi connectivity index (χ0v) is 3.71. The van der Waals surface area contributed by atoms with Crippen molar-refractivity contribution < 1.29 is 9.59 Å². The van der Waals surface area contributed by atoms with Gasteiger partial charge >= 0.3 is 11.7 Å². The lowest BCUT2D eigenvalue weighted by atomic mass is 10.4. The minimum atomic E-state index is -1.33. The molecule has 0 radical (unpaired) electrons. The molecule has 0 spiro atoms. The Balaban J connectivity index is 4.16. The van der Waals surface area contributed by atoms with Crippen molar-refractivity contribution in [2.24, 2.45) is 0 Å². The molecule has 0 aromatic rings. The summed E-state index contributed by atoms with van der Waals surface area (Å²) in [7, 11) is 0. The first kappa shape index (κ1) is 6.32. The van der Waals surface area contributed by atoms with Gasteiger partial charge in [-0.25, -0.2) is 0 Å². The molecule has 0 aromatic carbocycles. The summed E-state index contributed by atoms with van der Waals surface area (Å²) in [5.41, 5.74) is 0. The average Bonchev–Trinajstić information content (AvgIpc) is 1.84. The molecule has 1 amide bonds. The SMILES string of the molecule is [C-]#[N+]C(=O)C(=O)C#N. The highest BCUT2D eigenvalue weighted by Crippen LogP contribution is 1.73. The number of hydrogen-bond acceptors (Lipinski definition) is 3. The minimum Gasteiger partial charge on any atom is -0.307 e. The van der Waals surface area contributed by atoms with Crippen molar-refractivity contribution in [3.05, 3.63) is 11.4 Å². The number of rotatable bonds is 1. The van der Waals surface area contributed by atoms with Crippen LogP contribution in [-0.2, 0) is 9.59 Å². The van der Waals surface area contributed by atoms with Crippen molar-refractivity contribution in [3.8, 4) is 6.07 Å². The number of carbonyl (C=O) groups is 2. The molecule has 0 N–H and O–H groups in total. The Morgan fingerprint density at radius 1 is 1.62 bits per heavy atom. The first-order chi connectivity index (χ1) is 3.72. The first-order valence-corrected chi connectivity index (χ1v) is 1.58. The van der Waals surface area contributed by atoms with Gasteiger partial charge in [-0.3, -0.25) is 4.79 Å². The molecule has 0 saturated heterocycles. The van der Waals surface area contributed by atoms with E-state index in [0.717, 1.165) is 6.07 Å². The van der Waals surface area contributed by atoms with Crippen LogP contribution in [0.1, 0.15) is 0 Å². The molecule has 0 aromatic heterocycles. The molecule has 0 heterocycles. The van der Waals surface area contributed by atoms with Crippen LogP contribution in [0.2, 0.25) is 0 Å². The lowest BCUT2D eigenvalue weighted by molar-refractivity contribution is -0.130. The summed E-state index contributed by atoms with van der Waals surface area (Å²) in [5, 5.41) is 7.67. The van der Waals surface area contributed by atoms with Crippen LogP contribution in [0.5, 0.6) is 0 Å². The van der Waals surface area contributed by atoms with Crippen molar-refractivity contribution in [2.45, 2.75) is 0 Å². The van der Waals surface area contributed by atoms with Gasteiger partial charge in [-0.15, -0.1) is 0 Å². The van der Waals surface area contributed by atoms with E-state index in [2.05, 4.69) is 4.85 Å². The fourth-order valence-electron chi connectivity index (χ4n) is 0.0986. The Bertz CT molecular complexity index is 181. The third kappa shape index (κ3) is 1.19.